The third-order valence-electron chi connectivity index (χ3n) is 4.28. The Morgan fingerprint density at radius 2 is 1.88 bits per heavy atom. The van der Waals surface area contributed by atoms with Crippen LogP contribution < -0.4 is 5.73 Å². The third kappa shape index (κ3) is 3.29. The molecule has 0 spiro atoms. The molecule has 0 atom stereocenters. The molecule has 0 aliphatic heterocycles. The molecule has 0 saturated carbocycles. The lowest BCUT2D eigenvalue weighted by Gasteiger charge is -2.08. The van der Waals surface area contributed by atoms with Gasteiger partial charge in [0.1, 0.15) is 0 Å². The molecule has 0 radical (unpaired) electrons. The van der Waals surface area contributed by atoms with Gasteiger partial charge in [-0.25, -0.2) is 0 Å². The minimum Gasteiger partial charge on any atom is -0.354 e. The van der Waals surface area contributed by atoms with Crippen LogP contribution in [0.3, 0.4) is 0 Å². The molecule has 0 saturated heterocycles. The Hall–Kier alpha value is -1.19. The van der Waals surface area contributed by atoms with Crippen LogP contribution in [0.2, 0.25) is 15.1 Å². The van der Waals surface area contributed by atoms with Gasteiger partial charge >= 0.3 is 0 Å². The van der Waals surface area contributed by atoms with Crippen molar-refractivity contribution in [2.75, 3.05) is 6.54 Å². The lowest BCUT2D eigenvalue weighted by molar-refractivity contribution is 0.748. The summed E-state index contributed by atoms with van der Waals surface area (Å²) in [6, 6.07) is 9.68. The lowest BCUT2D eigenvalue weighted by Crippen LogP contribution is -1.99. The first-order chi connectivity index (χ1) is 11.5. The van der Waals surface area contributed by atoms with Gasteiger partial charge in [-0.1, -0.05) is 46.9 Å². The second kappa shape index (κ2) is 7.37. The number of nitrogens with one attached hydrogen (secondary N) is 1. The van der Waals surface area contributed by atoms with Crippen LogP contribution in [0.5, 0.6) is 0 Å². The molecule has 5 heteroatoms. The van der Waals surface area contributed by atoms with E-state index in [1.165, 1.54) is 5.56 Å². The van der Waals surface area contributed by atoms with Crippen molar-refractivity contribution in [2.45, 2.75) is 26.2 Å². The van der Waals surface area contributed by atoms with Crippen LogP contribution in [-0.2, 0) is 6.42 Å². The van der Waals surface area contributed by atoms with E-state index in [9.17, 15) is 0 Å². The van der Waals surface area contributed by atoms with Crippen molar-refractivity contribution in [1.29, 1.82) is 0 Å². The van der Waals surface area contributed by atoms with E-state index < -0.39 is 0 Å². The van der Waals surface area contributed by atoms with Gasteiger partial charge < -0.3 is 10.7 Å². The molecule has 126 valence electrons. The van der Waals surface area contributed by atoms with Gasteiger partial charge in [0.15, 0.2) is 0 Å². The van der Waals surface area contributed by atoms with Crippen LogP contribution in [0, 0.1) is 6.92 Å². The molecule has 0 bridgehead atoms. The zero-order valence-electron chi connectivity index (χ0n) is 13.4. The first-order valence-electron chi connectivity index (χ1n) is 7.98. The van der Waals surface area contributed by atoms with Crippen molar-refractivity contribution < 1.29 is 0 Å². The fraction of sp³-hybridized carbons (Fsp3) is 0.263. The van der Waals surface area contributed by atoms with E-state index in [0.717, 1.165) is 52.0 Å². The van der Waals surface area contributed by atoms with E-state index in [4.69, 9.17) is 40.5 Å². The number of fused-ring (bicyclic) bond motifs is 1. The number of H-pyrrole nitrogens is 1. The van der Waals surface area contributed by atoms with Crippen LogP contribution in [0.25, 0.3) is 22.2 Å². The van der Waals surface area contributed by atoms with Crippen LogP contribution in [0.1, 0.15) is 24.0 Å². The van der Waals surface area contributed by atoms with E-state index in [2.05, 4.69) is 11.9 Å². The number of aryl methyl sites for hydroxylation is 2. The number of aromatic amines is 1. The summed E-state index contributed by atoms with van der Waals surface area (Å²) in [4.78, 5) is 3.54. The zero-order chi connectivity index (χ0) is 17.3. The fourth-order valence-corrected chi connectivity index (χ4v) is 3.78. The van der Waals surface area contributed by atoms with Crippen LogP contribution in [0.15, 0.2) is 30.3 Å². The highest BCUT2D eigenvalue weighted by Crippen LogP contribution is 2.39. The molecule has 24 heavy (non-hydrogen) atoms. The van der Waals surface area contributed by atoms with E-state index in [0.29, 0.717) is 16.6 Å². The first kappa shape index (κ1) is 17.6. The topological polar surface area (TPSA) is 41.8 Å². The van der Waals surface area contributed by atoms with Gasteiger partial charge in [0.2, 0.25) is 0 Å². The number of halogens is 3. The summed E-state index contributed by atoms with van der Waals surface area (Å²) in [6.07, 6.45) is 2.91. The zero-order valence-corrected chi connectivity index (χ0v) is 15.7. The van der Waals surface area contributed by atoms with Crippen molar-refractivity contribution in [3.8, 4) is 11.3 Å². The maximum Gasteiger partial charge on any atom is 0.0685 e. The average molecular weight is 382 g/mol. The van der Waals surface area contributed by atoms with Crippen molar-refractivity contribution in [3.63, 3.8) is 0 Å². The van der Waals surface area contributed by atoms with Gasteiger partial charge in [-0.05, 0) is 62.1 Å². The summed E-state index contributed by atoms with van der Waals surface area (Å²) in [5.41, 5.74) is 11.0. The van der Waals surface area contributed by atoms with Crippen LogP contribution >= 0.6 is 34.8 Å². The molecule has 2 aromatic carbocycles. The van der Waals surface area contributed by atoms with Crippen molar-refractivity contribution in [3.05, 3.63) is 56.5 Å². The van der Waals surface area contributed by atoms with Gasteiger partial charge in [-0.3, -0.25) is 0 Å². The quantitative estimate of drug-likeness (QED) is 0.494. The molecule has 0 amide bonds. The Bertz CT molecular complexity index is 884. The summed E-state index contributed by atoms with van der Waals surface area (Å²) in [7, 11) is 0. The standard InChI is InChI=1S/C19H19Cl3N2/c1-11-9-12(20)10-15-13(5-2-3-8-23)19(24-18(11)15)14-6-4-7-16(21)17(14)22/h4,6-7,9-10,24H,2-3,5,8,23H2,1H3. The molecule has 3 aromatic rings. The molecular weight excluding hydrogens is 363 g/mol. The van der Waals surface area contributed by atoms with Crippen molar-refractivity contribution in [1.82, 2.24) is 4.98 Å². The van der Waals surface area contributed by atoms with Gasteiger partial charge in [0, 0.05) is 21.5 Å². The smallest absolute Gasteiger partial charge is 0.0685 e. The molecule has 1 heterocycles. The highest BCUT2D eigenvalue weighted by atomic mass is 35.5. The Kier molecular flexibility index (Phi) is 5.41. The van der Waals surface area contributed by atoms with E-state index in [1.54, 1.807) is 6.07 Å². The third-order valence-corrected chi connectivity index (χ3v) is 5.32. The maximum absolute atomic E-state index is 6.46. The van der Waals surface area contributed by atoms with Gasteiger partial charge in [0.05, 0.1) is 15.7 Å². The Balaban J connectivity index is 2.24. The number of nitrogens with two attached hydrogens (primary N) is 1. The molecular formula is C19H19Cl3N2. The minimum absolute atomic E-state index is 0.551. The number of benzene rings is 2. The maximum atomic E-state index is 6.46. The van der Waals surface area contributed by atoms with Crippen LogP contribution in [-0.4, -0.2) is 11.5 Å². The summed E-state index contributed by atoms with van der Waals surface area (Å²) in [5, 5.41) is 3.00. The highest BCUT2D eigenvalue weighted by molar-refractivity contribution is 6.43. The molecule has 0 unspecified atom stereocenters. The van der Waals surface area contributed by atoms with E-state index >= 15 is 0 Å². The molecule has 0 aliphatic carbocycles. The SMILES string of the molecule is Cc1cc(Cl)cc2c(CCCCN)c(-c3cccc(Cl)c3Cl)[nH]c12. The van der Waals surface area contributed by atoms with Crippen molar-refractivity contribution >= 4 is 45.7 Å². The number of aromatic nitrogens is 1. The van der Waals surface area contributed by atoms with Gasteiger partial charge in [-0.15, -0.1) is 0 Å². The summed E-state index contributed by atoms with van der Waals surface area (Å²) < 4.78 is 0. The Morgan fingerprint density at radius 1 is 1.08 bits per heavy atom. The highest BCUT2D eigenvalue weighted by Gasteiger charge is 2.17. The van der Waals surface area contributed by atoms with E-state index in [-0.39, 0.29) is 0 Å². The monoisotopic (exact) mass is 380 g/mol. The second-order valence-corrected chi connectivity index (χ2v) is 7.19. The van der Waals surface area contributed by atoms with E-state index in [1.807, 2.05) is 24.3 Å². The van der Waals surface area contributed by atoms with Crippen LogP contribution in [0.4, 0.5) is 0 Å². The largest absolute Gasteiger partial charge is 0.354 e. The lowest BCUT2D eigenvalue weighted by atomic mass is 9.99. The summed E-state index contributed by atoms with van der Waals surface area (Å²) in [6.45, 7) is 2.74. The first-order valence-corrected chi connectivity index (χ1v) is 9.11. The molecule has 0 fully saturated rings. The van der Waals surface area contributed by atoms with Gasteiger partial charge in [0.25, 0.3) is 0 Å². The Labute approximate surface area is 156 Å². The molecule has 3 rings (SSSR count). The van der Waals surface area contributed by atoms with Gasteiger partial charge in [-0.2, -0.15) is 0 Å². The number of rotatable bonds is 5. The number of hydrogen-bond acceptors (Lipinski definition) is 1. The van der Waals surface area contributed by atoms with Crippen molar-refractivity contribution in [2.24, 2.45) is 5.73 Å². The summed E-state index contributed by atoms with van der Waals surface area (Å²) >= 11 is 19.0. The molecule has 3 N–H and O–H groups in total. The average Bonchev–Trinajstić information content (AvgIpc) is 2.89. The molecule has 2 nitrogen and oxygen atoms in total. The molecule has 0 aliphatic rings. The Morgan fingerprint density at radius 3 is 2.62 bits per heavy atom. The molecule has 1 aromatic heterocycles. The number of hydrogen-bond donors (Lipinski definition) is 2. The predicted molar refractivity (Wildman–Crippen MR) is 105 cm³/mol. The second-order valence-electron chi connectivity index (χ2n) is 5.97. The minimum atomic E-state index is 0.551. The normalized spacial score (nSPS) is 11.4. The predicted octanol–water partition coefficient (Wildman–Crippen LogP) is 6.38. The number of unbranched alkanes of at least 4 members (excludes halogenated alkanes) is 1. The summed E-state index contributed by atoms with van der Waals surface area (Å²) in [5.74, 6) is 0. The fourth-order valence-electron chi connectivity index (χ4n) is 3.11.